The molecule has 1 aromatic carbocycles. The number of rotatable bonds is 4. The van der Waals surface area contributed by atoms with Crippen molar-refractivity contribution in [1.29, 1.82) is 0 Å². The third-order valence-corrected chi connectivity index (χ3v) is 4.57. The van der Waals surface area contributed by atoms with Gasteiger partial charge >= 0.3 is 0 Å². The van der Waals surface area contributed by atoms with Gasteiger partial charge in [0.25, 0.3) is 11.5 Å². The summed E-state index contributed by atoms with van der Waals surface area (Å²) < 4.78 is 1.31. The number of aromatic nitrogens is 2. The van der Waals surface area contributed by atoms with Crippen LogP contribution >= 0.6 is 0 Å². The molecule has 8 heteroatoms. The molecule has 0 radical (unpaired) electrons. The maximum absolute atomic E-state index is 12.5. The van der Waals surface area contributed by atoms with E-state index in [1.165, 1.54) is 15.5 Å². The second kappa shape index (κ2) is 7.07. The summed E-state index contributed by atoms with van der Waals surface area (Å²) >= 11 is 0. The van der Waals surface area contributed by atoms with E-state index in [9.17, 15) is 19.2 Å². The van der Waals surface area contributed by atoms with Crippen molar-refractivity contribution in [3.8, 4) is 0 Å². The third kappa shape index (κ3) is 3.27. The molecule has 3 aromatic rings. The molecule has 1 saturated heterocycles. The number of hydrogen-bond acceptors (Lipinski definition) is 5. The van der Waals surface area contributed by atoms with E-state index in [-0.39, 0.29) is 36.8 Å². The summed E-state index contributed by atoms with van der Waals surface area (Å²) in [4.78, 5) is 53.7. The molecule has 3 heterocycles. The van der Waals surface area contributed by atoms with Crippen LogP contribution in [0.25, 0.3) is 5.65 Å². The maximum atomic E-state index is 12.5. The van der Waals surface area contributed by atoms with Crippen molar-refractivity contribution in [2.45, 2.75) is 19.4 Å². The molecule has 0 saturated carbocycles. The molecule has 4 rings (SSSR count). The molecule has 0 atom stereocenters. The highest BCUT2D eigenvalue weighted by atomic mass is 16.2. The lowest BCUT2D eigenvalue weighted by Gasteiger charge is -2.14. The monoisotopic (exact) mass is 376 g/mol. The number of carbonyl (C=O) groups excluding carboxylic acids is 3. The van der Waals surface area contributed by atoms with Gasteiger partial charge in [-0.05, 0) is 29.8 Å². The molecule has 1 aliphatic heterocycles. The van der Waals surface area contributed by atoms with Crippen LogP contribution in [-0.2, 0) is 16.1 Å². The van der Waals surface area contributed by atoms with Crippen LogP contribution in [0.4, 0.5) is 5.69 Å². The summed E-state index contributed by atoms with van der Waals surface area (Å²) in [6, 6.07) is 11.9. The number of fused-ring (bicyclic) bond motifs is 1. The molecular formula is C20H16N4O4. The number of nitrogens with one attached hydrogen (secondary N) is 1. The van der Waals surface area contributed by atoms with Crippen molar-refractivity contribution in [2.75, 3.05) is 5.32 Å². The minimum Gasteiger partial charge on any atom is -0.322 e. The minimum atomic E-state index is -0.562. The van der Waals surface area contributed by atoms with Gasteiger partial charge in [0.05, 0.1) is 6.54 Å². The second-order valence-electron chi connectivity index (χ2n) is 6.43. The van der Waals surface area contributed by atoms with Crippen LogP contribution in [0.15, 0.2) is 59.7 Å². The average molecular weight is 376 g/mol. The summed E-state index contributed by atoms with van der Waals surface area (Å²) in [5, 5.41) is 2.66. The first-order chi connectivity index (χ1) is 13.5. The van der Waals surface area contributed by atoms with E-state index >= 15 is 0 Å². The van der Waals surface area contributed by atoms with E-state index < -0.39 is 11.5 Å². The van der Waals surface area contributed by atoms with Gasteiger partial charge in [-0.15, -0.1) is 0 Å². The highest BCUT2D eigenvalue weighted by molar-refractivity contribution is 6.04. The summed E-state index contributed by atoms with van der Waals surface area (Å²) in [5.41, 5.74) is 1.20. The van der Waals surface area contributed by atoms with Gasteiger partial charge in [0, 0.05) is 30.9 Å². The molecule has 1 N–H and O–H groups in total. The molecule has 0 bridgehead atoms. The average Bonchev–Trinajstić information content (AvgIpc) is 3.02. The molecule has 28 heavy (non-hydrogen) atoms. The smallest absolute Gasteiger partial charge is 0.270 e. The Morgan fingerprint density at radius 2 is 1.71 bits per heavy atom. The Balaban J connectivity index is 1.49. The SMILES string of the molecule is O=C(Nc1ccc(CN2C(=O)CCC2=O)cc1)c1cnc2ccccn2c1=O. The molecule has 0 unspecified atom stereocenters. The Morgan fingerprint density at radius 3 is 2.43 bits per heavy atom. The highest BCUT2D eigenvalue weighted by Gasteiger charge is 2.28. The quantitative estimate of drug-likeness (QED) is 0.697. The lowest BCUT2D eigenvalue weighted by Crippen LogP contribution is -2.28. The van der Waals surface area contributed by atoms with Gasteiger partial charge in [0.2, 0.25) is 11.8 Å². The van der Waals surface area contributed by atoms with Gasteiger partial charge in [-0.1, -0.05) is 18.2 Å². The lowest BCUT2D eigenvalue weighted by molar-refractivity contribution is -0.139. The number of likely N-dealkylation sites (tertiary alicyclic amines) is 1. The lowest BCUT2D eigenvalue weighted by atomic mass is 10.2. The van der Waals surface area contributed by atoms with Crippen LogP contribution in [-0.4, -0.2) is 32.0 Å². The standard InChI is InChI=1S/C20H16N4O4/c25-17-8-9-18(26)24(17)12-13-4-6-14(7-5-13)22-19(27)15-11-21-16-3-1-2-10-23(16)20(15)28/h1-7,10-11H,8-9,12H2,(H,22,27). The van der Waals surface area contributed by atoms with Gasteiger partial charge < -0.3 is 5.32 Å². The molecule has 2 aromatic heterocycles. The fourth-order valence-corrected chi connectivity index (χ4v) is 3.06. The van der Waals surface area contributed by atoms with Gasteiger partial charge in [0.1, 0.15) is 11.2 Å². The van der Waals surface area contributed by atoms with Crippen LogP contribution in [0.5, 0.6) is 0 Å². The highest BCUT2D eigenvalue weighted by Crippen LogP contribution is 2.17. The molecule has 8 nitrogen and oxygen atoms in total. The van der Waals surface area contributed by atoms with Gasteiger partial charge in [-0.25, -0.2) is 4.98 Å². The van der Waals surface area contributed by atoms with Crippen molar-refractivity contribution in [1.82, 2.24) is 14.3 Å². The molecule has 140 valence electrons. The van der Waals surface area contributed by atoms with Crippen molar-refractivity contribution < 1.29 is 14.4 Å². The Kier molecular flexibility index (Phi) is 4.44. The normalized spacial score (nSPS) is 13.9. The largest absolute Gasteiger partial charge is 0.322 e. The first kappa shape index (κ1) is 17.6. The van der Waals surface area contributed by atoms with Crippen LogP contribution in [0.2, 0.25) is 0 Å². The Bertz CT molecular complexity index is 1130. The van der Waals surface area contributed by atoms with Crippen molar-refractivity contribution in [3.05, 3.63) is 76.3 Å². The Morgan fingerprint density at radius 1 is 1.00 bits per heavy atom. The summed E-state index contributed by atoms with van der Waals surface area (Å²) in [6.45, 7) is 0.210. The number of hydrogen-bond donors (Lipinski definition) is 1. The van der Waals surface area contributed by atoms with E-state index in [0.717, 1.165) is 5.56 Å². The van der Waals surface area contributed by atoms with Crippen LogP contribution < -0.4 is 10.9 Å². The van der Waals surface area contributed by atoms with Crippen LogP contribution in [0, 0.1) is 0 Å². The summed E-state index contributed by atoms with van der Waals surface area (Å²) in [5.74, 6) is -0.910. The maximum Gasteiger partial charge on any atom is 0.270 e. The van der Waals surface area contributed by atoms with Crippen LogP contribution in [0.3, 0.4) is 0 Å². The molecule has 1 aliphatic rings. The number of nitrogens with zero attached hydrogens (tertiary/aromatic N) is 3. The van der Waals surface area contributed by atoms with Crippen molar-refractivity contribution >= 4 is 29.1 Å². The number of carbonyl (C=O) groups is 3. The molecule has 1 fully saturated rings. The third-order valence-electron chi connectivity index (χ3n) is 4.57. The zero-order valence-corrected chi connectivity index (χ0v) is 14.8. The van der Waals surface area contributed by atoms with Crippen molar-refractivity contribution in [3.63, 3.8) is 0 Å². The van der Waals surface area contributed by atoms with Gasteiger partial charge in [0.15, 0.2) is 0 Å². The molecule has 0 spiro atoms. The summed E-state index contributed by atoms with van der Waals surface area (Å²) in [6.07, 6.45) is 3.31. The zero-order chi connectivity index (χ0) is 19.7. The molecular weight excluding hydrogens is 360 g/mol. The molecule has 3 amide bonds. The van der Waals surface area contributed by atoms with Gasteiger partial charge in [-0.3, -0.25) is 28.5 Å². The number of pyridine rings is 1. The fraction of sp³-hybridized carbons (Fsp3) is 0.150. The van der Waals surface area contributed by atoms with E-state index in [1.54, 1.807) is 48.7 Å². The first-order valence-corrected chi connectivity index (χ1v) is 8.73. The van der Waals surface area contributed by atoms with Crippen LogP contribution in [0.1, 0.15) is 28.8 Å². The van der Waals surface area contributed by atoms with E-state index in [1.807, 2.05) is 0 Å². The number of imide groups is 1. The van der Waals surface area contributed by atoms with E-state index in [0.29, 0.717) is 11.3 Å². The molecule has 0 aliphatic carbocycles. The number of benzene rings is 1. The van der Waals surface area contributed by atoms with E-state index in [2.05, 4.69) is 10.3 Å². The second-order valence-corrected chi connectivity index (χ2v) is 6.43. The van der Waals surface area contributed by atoms with E-state index in [4.69, 9.17) is 0 Å². The first-order valence-electron chi connectivity index (χ1n) is 8.73. The minimum absolute atomic E-state index is 0.0685. The summed E-state index contributed by atoms with van der Waals surface area (Å²) in [7, 11) is 0. The number of amides is 3. The van der Waals surface area contributed by atoms with Crippen molar-refractivity contribution in [2.24, 2.45) is 0 Å². The fourth-order valence-electron chi connectivity index (χ4n) is 3.06. The topological polar surface area (TPSA) is 101 Å². The zero-order valence-electron chi connectivity index (χ0n) is 14.8. The Labute approximate surface area is 159 Å². The predicted molar refractivity (Wildman–Crippen MR) is 101 cm³/mol. The number of anilines is 1. The van der Waals surface area contributed by atoms with Gasteiger partial charge in [-0.2, -0.15) is 0 Å². The predicted octanol–water partition coefficient (Wildman–Crippen LogP) is 1.60. The Hall–Kier alpha value is -3.81.